The number of sulfonamides is 1. The van der Waals surface area contributed by atoms with E-state index in [0.29, 0.717) is 42.6 Å². The molecular formula is C27H38N4O4S2. The van der Waals surface area contributed by atoms with Gasteiger partial charge in [-0.25, -0.2) is 13.4 Å². The van der Waals surface area contributed by atoms with E-state index in [0.717, 1.165) is 36.1 Å². The van der Waals surface area contributed by atoms with Gasteiger partial charge in [0.25, 0.3) is 5.91 Å². The second kappa shape index (κ2) is 13.3. The van der Waals surface area contributed by atoms with Crippen molar-refractivity contribution in [3.63, 3.8) is 0 Å². The van der Waals surface area contributed by atoms with Crippen LogP contribution in [0.3, 0.4) is 0 Å². The molecule has 0 spiro atoms. The van der Waals surface area contributed by atoms with Gasteiger partial charge in [0.1, 0.15) is 5.75 Å². The number of rotatable bonds is 14. The number of nitrogens with zero attached hydrogens (tertiary/aromatic N) is 4. The summed E-state index contributed by atoms with van der Waals surface area (Å²) in [7, 11) is -2.00. The van der Waals surface area contributed by atoms with Gasteiger partial charge in [-0.15, -0.1) is 0 Å². The number of benzene rings is 2. The molecule has 0 aliphatic heterocycles. The van der Waals surface area contributed by atoms with Crippen LogP contribution < -0.4 is 9.64 Å². The van der Waals surface area contributed by atoms with E-state index in [-0.39, 0.29) is 10.8 Å². The number of amides is 1. The lowest BCUT2D eigenvalue weighted by atomic mass is 10.2. The topological polar surface area (TPSA) is 83.1 Å². The number of ether oxygens (including phenoxy) is 1. The van der Waals surface area contributed by atoms with Gasteiger partial charge >= 0.3 is 0 Å². The molecule has 0 fully saturated rings. The van der Waals surface area contributed by atoms with Gasteiger partial charge in [-0.3, -0.25) is 9.69 Å². The molecule has 202 valence electrons. The van der Waals surface area contributed by atoms with Gasteiger partial charge in [0.05, 0.1) is 22.2 Å². The third-order valence-corrected chi connectivity index (χ3v) is 9.49. The van der Waals surface area contributed by atoms with Crippen LogP contribution in [0, 0.1) is 0 Å². The number of unbranched alkanes of at least 4 members (excludes halogenated alkanes) is 1. The summed E-state index contributed by atoms with van der Waals surface area (Å²) in [6, 6.07) is 11.9. The van der Waals surface area contributed by atoms with Crippen LogP contribution in [0.1, 0.15) is 50.9 Å². The van der Waals surface area contributed by atoms with Gasteiger partial charge < -0.3 is 9.64 Å². The predicted molar refractivity (Wildman–Crippen MR) is 151 cm³/mol. The minimum absolute atomic E-state index is 0.198. The molecular weight excluding hydrogens is 508 g/mol. The standard InChI is InChI=1S/C27H38N4O4S2/c1-6-10-17-30(9-4)37(33,34)23-14-11-21(12-15-23)26(32)31(19-18-29(7-2)8-3)27-28-24-20-22(35-5)13-16-25(24)36-27/h11-16,20H,6-10,17-19H2,1-5H3. The Bertz CT molecular complexity index is 1270. The summed E-state index contributed by atoms with van der Waals surface area (Å²) in [5.74, 6) is 0.502. The maximum atomic E-state index is 13.7. The highest BCUT2D eigenvalue weighted by atomic mass is 32.2. The molecule has 2 aromatic carbocycles. The molecule has 8 nitrogen and oxygen atoms in total. The van der Waals surface area contributed by atoms with E-state index in [1.54, 1.807) is 24.1 Å². The quantitative estimate of drug-likeness (QED) is 0.280. The number of carbonyl (C=O) groups excluding carboxylic acids is 1. The Kier molecular flexibility index (Phi) is 10.5. The number of carbonyl (C=O) groups is 1. The molecule has 3 aromatic rings. The molecule has 0 bridgehead atoms. The first kappa shape index (κ1) is 29.0. The van der Waals surface area contributed by atoms with Crippen molar-refractivity contribution in [3.05, 3.63) is 48.0 Å². The SMILES string of the molecule is CCCCN(CC)S(=O)(=O)c1ccc(C(=O)N(CCN(CC)CC)c2nc3cc(OC)ccc3s2)cc1. The third-order valence-electron chi connectivity index (χ3n) is 6.45. The lowest BCUT2D eigenvalue weighted by molar-refractivity contribution is 0.0983. The van der Waals surface area contributed by atoms with Gasteiger partial charge in [-0.2, -0.15) is 4.31 Å². The minimum atomic E-state index is -3.61. The first-order valence-corrected chi connectivity index (χ1v) is 15.1. The van der Waals surface area contributed by atoms with Crippen molar-refractivity contribution in [1.29, 1.82) is 0 Å². The number of fused-ring (bicyclic) bond motifs is 1. The molecule has 1 aromatic heterocycles. The molecule has 0 aliphatic carbocycles. The second-order valence-corrected chi connectivity index (χ2v) is 11.6. The van der Waals surface area contributed by atoms with E-state index in [1.807, 2.05) is 32.0 Å². The molecule has 0 saturated carbocycles. The van der Waals surface area contributed by atoms with Gasteiger partial charge in [0.2, 0.25) is 10.0 Å². The van der Waals surface area contributed by atoms with Crippen molar-refractivity contribution in [2.75, 3.05) is 51.3 Å². The van der Waals surface area contributed by atoms with Crippen LogP contribution in [-0.4, -0.2) is 74.9 Å². The second-order valence-electron chi connectivity index (χ2n) is 8.69. The van der Waals surface area contributed by atoms with Crippen molar-refractivity contribution < 1.29 is 17.9 Å². The molecule has 10 heteroatoms. The lowest BCUT2D eigenvalue weighted by Crippen LogP contribution is -2.39. The highest BCUT2D eigenvalue weighted by Gasteiger charge is 2.25. The number of aromatic nitrogens is 1. The zero-order chi connectivity index (χ0) is 27.0. The zero-order valence-corrected chi connectivity index (χ0v) is 24.1. The summed E-state index contributed by atoms with van der Waals surface area (Å²) in [5.41, 5.74) is 1.19. The number of likely N-dealkylation sites (N-methyl/N-ethyl adjacent to an activating group) is 1. The van der Waals surface area contributed by atoms with E-state index in [1.165, 1.54) is 27.8 Å². The van der Waals surface area contributed by atoms with E-state index in [9.17, 15) is 13.2 Å². The number of methoxy groups -OCH3 is 1. The van der Waals surface area contributed by atoms with Crippen LogP contribution >= 0.6 is 11.3 Å². The van der Waals surface area contributed by atoms with Gasteiger partial charge in [-0.05, 0) is 55.9 Å². The summed E-state index contributed by atoms with van der Waals surface area (Å²) in [5, 5.41) is 0.605. The molecule has 0 N–H and O–H groups in total. The maximum absolute atomic E-state index is 13.7. The van der Waals surface area contributed by atoms with E-state index in [4.69, 9.17) is 9.72 Å². The number of hydrogen-bond acceptors (Lipinski definition) is 7. The average Bonchev–Trinajstić information content (AvgIpc) is 3.34. The minimum Gasteiger partial charge on any atom is -0.497 e. The van der Waals surface area contributed by atoms with Crippen molar-refractivity contribution >= 4 is 42.6 Å². The normalized spacial score (nSPS) is 12.0. The highest BCUT2D eigenvalue weighted by molar-refractivity contribution is 7.89. The maximum Gasteiger partial charge on any atom is 0.260 e. The Labute approximate surface area is 224 Å². The molecule has 0 aliphatic rings. The van der Waals surface area contributed by atoms with Crippen molar-refractivity contribution in [2.24, 2.45) is 0 Å². The Morgan fingerprint density at radius 2 is 1.65 bits per heavy atom. The van der Waals surface area contributed by atoms with E-state index >= 15 is 0 Å². The Balaban J connectivity index is 1.92. The van der Waals surface area contributed by atoms with Gasteiger partial charge in [0, 0.05) is 37.8 Å². The van der Waals surface area contributed by atoms with Gasteiger partial charge in [-0.1, -0.05) is 45.5 Å². The first-order chi connectivity index (χ1) is 17.8. The average molecular weight is 547 g/mol. The molecule has 0 atom stereocenters. The Hall–Kier alpha value is -2.53. The van der Waals surface area contributed by atoms with Crippen LogP contribution in [0.15, 0.2) is 47.4 Å². The van der Waals surface area contributed by atoms with Crippen LogP contribution in [0.2, 0.25) is 0 Å². The van der Waals surface area contributed by atoms with E-state index < -0.39 is 10.0 Å². The fourth-order valence-corrected chi connectivity index (χ4v) is 6.52. The number of anilines is 1. The summed E-state index contributed by atoms with van der Waals surface area (Å²) in [6.45, 7) is 11.9. The summed E-state index contributed by atoms with van der Waals surface area (Å²) >= 11 is 1.45. The molecule has 0 saturated heterocycles. The monoisotopic (exact) mass is 546 g/mol. The highest BCUT2D eigenvalue weighted by Crippen LogP contribution is 2.32. The van der Waals surface area contributed by atoms with Crippen molar-refractivity contribution in [1.82, 2.24) is 14.2 Å². The predicted octanol–water partition coefficient (Wildman–Crippen LogP) is 5.10. The summed E-state index contributed by atoms with van der Waals surface area (Å²) in [6.07, 6.45) is 1.72. The van der Waals surface area contributed by atoms with Crippen LogP contribution in [0.4, 0.5) is 5.13 Å². The smallest absolute Gasteiger partial charge is 0.260 e. The van der Waals surface area contributed by atoms with Crippen molar-refractivity contribution in [3.8, 4) is 5.75 Å². The Morgan fingerprint density at radius 3 is 2.24 bits per heavy atom. The van der Waals surface area contributed by atoms with Crippen LogP contribution in [-0.2, 0) is 10.0 Å². The van der Waals surface area contributed by atoms with Crippen molar-refractivity contribution in [2.45, 2.75) is 45.4 Å². The molecule has 0 unspecified atom stereocenters. The first-order valence-electron chi connectivity index (χ1n) is 12.9. The molecule has 3 rings (SSSR count). The molecule has 1 amide bonds. The fraction of sp³-hybridized carbons (Fsp3) is 0.481. The number of thiazole rings is 1. The molecule has 37 heavy (non-hydrogen) atoms. The van der Waals surface area contributed by atoms with Crippen LogP contribution in [0.5, 0.6) is 5.75 Å². The summed E-state index contributed by atoms with van der Waals surface area (Å²) < 4.78 is 34.0. The largest absolute Gasteiger partial charge is 0.497 e. The van der Waals surface area contributed by atoms with Crippen LogP contribution in [0.25, 0.3) is 10.2 Å². The fourth-order valence-electron chi connectivity index (χ4n) is 4.06. The zero-order valence-electron chi connectivity index (χ0n) is 22.4. The van der Waals surface area contributed by atoms with Gasteiger partial charge in [0.15, 0.2) is 5.13 Å². The molecule has 1 heterocycles. The van der Waals surface area contributed by atoms with E-state index in [2.05, 4.69) is 18.7 Å². The third kappa shape index (κ3) is 6.87. The Morgan fingerprint density at radius 1 is 0.946 bits per heavy atom. The summed E-state index contributed by atoms with van der Waals surface area (Å²) in [4.78, 5) is 22.6. The molecule has 0 radical (unpaired) electrons. The number of hydrogen-bond donors (Lipinski definition) is 0. The lowest BCUT2D eigenvalue weighted by Gasteiger charge is -2.25.